The molecular weight excluding hydrogens is 328 g/mol. The van der Waals surface area contributed by atoms with E-state index in [9.17, 15) is 4.79 Å². The van der Waals surface area contributed by atoms with Gasteiger partial charge in [-0.15, -0.1) is 0 Å². The number of halogens is 2. The van der Waals surface area contributed by atoms with Crippen LogP contribution < -0.4 is 10.1 Å². The zero-order chi connectivity index (χ0) is 11.1. The molecule has 0 fully saturated rings. The zero-order valence-corrected chi connectivity index (χ0v) is 10.5. The van der Waals surface area contributed by atoms with Gasteiger partial charge in [-0.1, -0.05) is 23.6 Å². The highest BCUT2D eigenvalue weighted by Crippen LogP contribution is 2.16. The summed E-state index contributed by atoms with van der Waals surface area (Å²) in [6.45, 7) is 0.266. The highest BCUT2D eigenvalue weighted by molar-refractivity contribution is 14.1. The first-order chi connectivity index (χ1) is 7.22. The van der Waals surface area contributed by atoms with Crippen molar-refractivity contribution in [3.05, 3.63) is 29.3 Å². The molecule has 0 saturated carbocycles. The summed E-state index contributed by atoms with van der Waals surface area (Å²) in [6, 6.07) is 6.62. The molecule has 3 nitrogen and oxygen atoms in total. The molecular formula is C10H7ClINO2. The largest absolute Gasteiger partial charge is 0.413 e. The predicted octanol–water partition coefficient (Wildman–Crippen LogP) is 2.82. The van der Waals surface area contributed by atoms with Crippen LogP contribution in [-0.4, -0.2) is 12.6 Å². The standard InChI is InChI=1S/C10H7ClINO2/c11-8-3-1-4-9(7-8)15-10(14)13-6-2-5-12/h1,3-4,7H,6H2,(H,13,14). The molecule has 0 bridgehead atoms. The summed E-state index contributed by atoms with van der Waals surface area (Å²) >= 11 is 7.61. The van der Waals surface area contributed by atoms with Crippen molar-refractivity contribution in [3.63, 3.8) is 0 Å². The van der Waals surface area contributed by atoms with Gasteiger partial charge in [0.15, 0.2) is 0 Å². The van der Waals surface area contributed by atoms with E-state index in [0.717, 1.165) is 0 Å². The minimum atomic E-state index is -0.545. The van der Waals surface area contributed by atoms with E-state index in [1.165, 1.54) is 0 Å². The van der Waals surface area contributed by atoms with Crippen LogP contribution in [-0.2, 0) is 0 Å². The number of carbonyl (C=O) groups is 1. The van der Waals surface area contributed by atoms with Crippen LogP contribution in [0.1, 0.15) is 0 Å². The Kier molecular flexibility index (Phi) is 5.29. The number of hydrogen-bond donors (Lipinski definition) is 1. The Labute approximate surface area is 106 Å². The summed E-state index contributed by atoms with van der Waals surface area (Å²) in [5.74, 6) is 3.08. The van der Waals surface area contributed by atoms with Crippen LogP contribution in [0.15, 0.2) is 24.3 Å². The lowest BCUT2D eigenvalue weighted by Gasteiger charge is -2.03. The van der Waals surface area contributed by atoms with Gasteiger partial charge >= 0.3 is 6.09 Å². The molecule has 0 saturated heterocycles. The lowest BCUT2D eigenvalue weighted by Crippen LogP contribution is -2.26. The van der Waals surface area contributed by atoms with Gasteiger partial charge in [0.2, 0.25) is 0 Å². The molecule has 1 aromatic rings. The number of rotatable bonds is 2. The van der Waals surface area contributed by atoms with E-state index in [1.807, 2.05) is 22.6 Å². The third kappa shape index (κ3) is 4.91. The topological polar surface area (TPSA) is 38.3 Å². The highest BCUT2D eigenvalue weighted by Gasteiger charge is 2.02. The number of benzene rings is 1. The molecule has 0 aromatic heterocycles. The Morgan fingerprint density at radius 2 is 2.40 bits per heavy atom. The fraction of sp³-hybridized carbons (Fsp3) is 0.100. The maximum absolute atomic E-state index is 11.2. The minimum Gasteiger partial charge on any atom is -0.410 e. The molecule has 78 valence electrons. The van der Waals surface area contributed by atoms with E-state index in [-0.39, 0.29) is 6.54 Å². The molecule has 1 N–H and O–H groups in total. The second-order valence-corrected chi connectivity index (χ2v) is 3.45. The molecule has 5 heteroatoms. The van der Waals surface area contributed by atoms with Crippen molar-refractivity contribution in [2.24, 2.45) is 0 Å². The van der Waals surface area contributed by atoms with Crippen molar-refractivity contribution in [1.82, 2.24) is 5.32 Å². The molecule has 15 heavy (non-hydrogen) atoms. The average molecular weight is 336 g/mol. The van der Waals surface area contributed by atoms with Crippen LogP contribution in [0.5, 0.6) is 5.75 Å². The third-order valence-corrected chi connectivity index (χ3v) is 2.01. The number of hydrogen-bond acceptors (Lipinski definition) is 2. The monoisotopic (exact) mass is 335 g/mol. The number of amides is 1. The van der Waals surface area contributed by atoms with E-state index < -0.39 is 6.09 Å². The summed E-state index contributed by atoms with van der Waals surface area (Å²) in [5.41, 5.74) is 0. The van der Waals surface area contributed by atoms with E-state index in [2.05, 4.69) is 15.2 Å². The summed E-state index contributed by atoms with van der Waals surface area (Å²) in [4.78, 5) is 11.2. The van der Waals surface area contributed by atoms with Crippen molar-refractivity contribution >= 4 is 40.3 Å². The third-order valence-electron chi connectivity index (χ3n) is 1.39. The first-order valence-corrected chi connectivity index (χ1v) is 5.48. The summed E-state index contributed by atoms with van der Waals surface area (Å²) in [7, 11) is 0. The van der Waals surface area contributed by atoms with E-state index >= 15 is 0 Å². The molecule has 1 rings (SSSR count). The summed E-state index contributed by atoms with van der Waals surface area (Å²) in [5, 5.41) is 2.99. The van der Waals surface area contributed by atoms with E-state index in [1.54, 1.807) is 24.3 Å². The molecule has 0 aliphatic heterocycles. The van der Waals surface area contributed by atoms with Gasteiger partial charge in [-0.2, -0.15) is 0 Å². The van der Waals surface area contributed by atoms with E-state index in [0.29, 0.717) is 10.8 Å². The lowest BCUT2D eigenvalue weighted by molar-refractivity contribution is 0.202. The quantitative estimate of drug-likeness (QED) is 0.667. The Morgan fingerprint density at radius 1 is 1.60 bits per heavy atom. The summed E-state index contributed by atoms with van der Waals surface area (Å²) in [6.07, 6.45) is -0.545. The highest BCUT2D eigenvalue weighted by atomic mass is 127. The Hall–Kier alpha value is -0.930. The van der Waals surface area contributed by atoms with Gasteiger partial charge in [0.25, 0.3) is 0 Å². The second-order valence-electron chi connectivity index (χ2n) is 2.47. The SMILES string of the molecule is O=C(NCC#CI)Oc1cccc(Cl)c1. The van der Waals surface area contributed by atoms with Gasteiger partial charge in [-0.3, -0.25) is 0 Å². The van der Waals surface area contributed by atoms with Crippen LogP contribution >= 0.6 is 34.2 Å². The smallest absolute Gasteiger partial charge is 0.410 e. The van der Waals surface area contributed by atoms with Gasteiger partial charge in [-0.05, 0) is 22.1 Å². The van der Waals surface area contributed by atoms with Crippen LogP contribution in [0.3, 0.4) is 0 Å². The molecule has 0 spiro atoms. The Bertz CT molecular complexity index is 411. The van der Waals surface area contributed by atoms with Gasteiger partial charge in [0.1, 0.15) is 5.75 Å². The molecule has 0 atom stereocenters. The predicted molar refractivity (Wildman–Crippen MR) is 67.3 cm³/mol. The normalized spacial score (nSPS) is 8.67. The van der Waals surface area contributed by atoms with Gasteiger partial charge < -0.3 is 10.1 Å². The Balaban J connectivity index is 2.46. The molecule has 0 unspecified atom stereocenters. The van der Waals surface area contributed by atoms with Gasteiger partial charge in [0.05, 0.1) is 6.54 Å². The fourth-order valence-corrected chi connectivity index (χ4v) is 1.19. The first-order valence-electron chi connectivity index (χ1n) is 4.02. The molecule has 1 amide bonds. The Morgan fingerprint density at radius 3 is 3.07 bits per heavy atom. The van der Waals surface area contributed by atoms with Crippen molar-refractivity contribution in [2.75, 3.05) is 6.54 Å². The van der Waals surface area contributed by atoms with Gasteiger partial charge in [-0.25, -0.2) is 4.79 Å². The van der Waals surface area contributed by atoms with E-state index in [4.69, 9.17) is 16.3 Å². The van der Waals surface area contributed by atoms with Crippen molar-refractivity contribution in [3.8, 4) is 15.6 Å². The maximum atomic E-state index is 11.2. The fourth-order valence-electron chi connectivity index (χ4n) is 0.823. The molecule has 1 aromatic carbocycles. The van der Waals surface area contributed by atoms with Crippen molar-refractivity contribution < 1.29 is 9.53 Å². The number of nitrogens with one attached hydrogen (secondary N) is 1. The maximum Gasteiger partial charge on any atom is 0.413 e. The lowest BCUT2D eigenvalue weighted by atomic mass is 10.3. The molecule has 0 heterocycles. The zero-order valence-electron chi connectivity index (χ0n) is 7.59. The average Bonchev–Trinajstić information content (AvgIpc) is 2.18. The number of carbonyl (C=O) groups excluding carboxylic acids is 1. The second kappa shape index (κ2) is 6.53. The van der Waals surface area contributed by atoms with Crippen molar-refractivity contribution in [1.29, 1.82) is 0 Å². The van der Waals surface area contributed by atoms with Crippen LogP contribution in [0.4, 0.5) is 4.79 Å². The molecule has 0 radical (unpaired) electrons. The molecule has 0 aliphatic carbocycles. The summed E-state index contributed by atoms with van der Waals surface area (Å²) < 4.78 is 7.56. The van der Waals surface area contributed by atoms with Gasteiger partial charge in [0, 0.05) is 27.6 Å². The van der Waals surface area contributed by atoms with Crippen molar-refractivity contribution in [2.45, 2.75) is 0 Å². The number of ether oxygens (including phenoxy) is 1. The minimum absolute atomic E-state index is 0.266. The van der Waals surface area contributed by atoms with Crippen LogP contribution in [0, 0.1) is 9.85 Å². The molecule has 0 aliphatic rings. The van der Waals surface area contributed by atoms with Crippen LogP contribution in [0.2, 0.25) is 5.02 Å². The van der Waals surface area contributed by atoms with Crippen LogP contribution in [0.25, 0.3) is 0 Å². The first kappa shape index (κ1) is 12.1.